The summed E-state index contributed by atoms with van der Waals surface area (Å²) in [6.45, 7) is 1.56. The summed E-state index contributed by atoms with van der Waals surface area (Å²) in [7, 11) is 1.60. The second-order valence-corrected chi connectivity index (χ2v) is 4.40. The Morgan fingerprint density at radius 3 is 2.21 bits per heavy atom. The molecule has 0 radical (unpaired) electrons. The highest BCUT2D eigenvalue weighted by Crippen LogP contribution is 2.29. The largest absolute Gasteiger partial charge is 0.389 e. The molecular formula is C15H15F2NO. The quantitative estimate of drug-likeness (QED) is 0.910. The fourth-order valence-corrected chi connectivity index (χ4v) is 1.91. The zero-order chi connectivity index (χ0) is 14.0. The van der Waals surface area contributed by atoms with Crippen molar-refractivity contribution < 1.29 is 13.9 Å². The molecule has 0 unspecified atom stereocenters. The van der Waals surface area contributed by atoms with E-state index >= 15 is 0 Å². The number of anilines is 2. The number of hydrogen-bond acceptors (Lipinski definition) is 2. The lowest BCUT2D eigenvalue weighted by Gasteiger charge is -2.21. The molecule has 2 rings (SSSR count). The Hall–Kier alpha value is -1.94. The molecule has 2 aromatic carbocycles. The minimum atomic E-state index is -0.734. The third kappa shape index (κ3) is 2.74. The zero-order valence-electron chi connectivity index (χ0n) is 10.8. The smallest absolute Gasteiger partial charge is 0.147 e. The Labute approximate surface area is 110 Å². The van der Waals surface area contributed by atoms with Gasteiger partial charge in [0.05, 0.1) is 17.5 Å². The van der Waals surface area contributed by atoms with Crippen molar-refractivity contribution >= 4 is 11.4 Å². The highest BCUT2D eigenvalue weighted by atomic mass is 19.1. The molecule has 19 heavy (non-hydrogen) atoms. The first kappa shape index (κ1) is 13.5. The van der Waals surface area contributed by atoms with Gasteiger partial charge in [0.25, 0.3) is 0 Å². The Kier molecular flexibility index (Phi) is 3.81. The maximum atomic E-state index is 14.0. The highest BCUT2D eigenvalue weighted by molar-refractivity contribution is 5.63. The van der Waals surface area contributed by atoms with Gasteiger partial charge >= 0.3 is 0 Å². The van der Waals surface area contributed by atoms with Crippen LogP contribution in [0.5, 0.6) is 0 Å². The monoisotopic (exact) mass is 263 g/mol. The zero-order valence-corrected chi connectivity index (χ0v) is 10.8. The molecule has 1 N–H and O–H groups in total. The Bertz CT molecular complexity index is 584. The number of aliphatic hydroxyl groups is 1. The summed E-state index contributed by atoms with van der Waals surface area (Å²) in [6.07, 6.45) is -0.734. The standard InChI is InChI=1S/C15H15F2NO/c1-10(19)11-7-8-15(13(17)9-11)18(2)14-6-4-3-5-12(14)16/h3-10,19H,1-2H3/t10-/m1/s1. The number of halogens is 2. The number of benzene rings is 2. The molecule has 0 bridgehead atoms. The van der Waals surface area contributed by atoms with Crippen LogP contribution in [0.4, 0.5) is 20.2 Å². The Morgan fingerprint density at radius 1 is 1.00 bits per heavy atom. The molecule has 4 heteroatoms. The molecule has 2 nitrogen and oxygen atoms in total. The van der Waals surface area contributed by atoms with Crippen LogP contribution in [0.15, 0.2) is 42.5 Å². The number of hydrogen-bond donors (Lipinski definition) is 1. The van der Waals surface area contributed by atoms with Crippen LogP contribution < -0.4 is 4.90 Å². The fraction of sp³-hybridized carbons (Fsp3) is 0.200. The molecule has 0 spiro atoms. The number of para-hydroxylation sites is 1. The summed E-state index contributed by atoms with van der Waals surface area (Å²) in [6, 6.07) is 10.6. The van der Waals surface area contributed by atoms with E-state index in [2.05, 4.69) is 0 Å². The van der Waals surface area contributed by atoms with Gasteiger partial charge in [-0.05, 0) is 36.8 Å². The average molecular weight is 263 g/mol. The second kappa shape index (κ2) is 5.36. The topological polar surface area (TPSA) is 23.5 Å². The lowest BCUT2D eigenvalue weighted by atomic mass is 10.1. The van der Waals surface area contributed by atoms with Crippen LogP contribution in [-0.4, -0.2) is 12.2 Å². The summed E-state index contributed by atoms with van der Waals surface area (Å²) in [5.74, 6) is -0.909. The van der Waals surface area contributed by atoms with E-state index < -0.39 is 17.7 Å². The van der Waals surface area contributed by atoms with Crippen LogP contribution in [-0.2, 0) is 0 Å². The van der Waals surface area contributed by atoms with Gasteiger partial charge in [0.15, 0.2) is 0 Å². The van der Waals surface area contributed by atoms with E-state index in [0.717, 1.165) is 0 Å². The minimum absolute atomic E-state index is 0.259. The lowest BCUT2D eigenvalue weighted by molar-refractivity contribution is 0.199. The van der Waals surface area contributed by atoms with Gasteiger partial charge in [-0.1, -0.05) is 18.2 Å². The van der Waals surface area contributed by atoms with Crippen molar-refractivity contribution in [3.63, 3.8) is 0 Å². The van der Waals surface area contributed by atoms with Gasteiger partial charge in [0.2, 0.25) is 0 Å². The molecule has 0 amide bonds. The van der Waals surface area contributed by atoms with E-state index in [1.807, 2.05) is 0 Å². The molecule has 0 heterocycles. The van der Waals surface area contributed by atoms with E-state index in [1.54, 1.807) is 38.2 Å². The highest BCUT2D eigenvalue weighted by Gasteiger charge is 2.14. The summed E-state index contributed by atoms with van der Waals surface area (Å²) in [5.41, 5.74) is 1.05. The van der Waals surface area contributed by atoms with Crippen molar-refractivity contribution in [1.82, 2.24) is 0 Å². The van der Waals surface area contributed by atoms with Crippen molar-refractivity contribution in [3.8, 4) is 0 Å². The molecule has 0 fully saturated rings. The first-order chi connectivity index (χ1) is 9.00. The van der Waals surface area contributed by atoms with Gasteiger partial charge in [-0.15, -0.1) is 0 Å². The van der Waals surface area contributed by atoms with Gasteiger partial charge in [-0.3, -0.25) is 0 Å². The molecule has 0 saturated heterocycles. The van der Waals surface area contributed by atoms with Gasteiger partial charge < -0.3 is 10.0 Å². The number of aliphatic hydroxyl groups excluding tert-OH is 1. The number of nitrogens with zero attached hydrogens (tertiary/aromatic N) is 1. The van der Waals surface area contributed by atoms with Gasteiger partial charge in [0.1, 0.15) is 11.6 Å². The summed E-state index contributed by atoms with van der Waals surface area (Å²) >= 11 is 0. The minimum Gasteiger partial charge on any atom is -0.389 e. The first-order valence-electron chi connectivity index (χ1n) is 5.96. The Morgan fingerprint density at radius 2 is 1.63 bits per heavy atom. The van der Waals surface area contributed by atoms with E-state index in [4.69, 9.17) is 0 Å². The first-order valence-corrected chi connectivity index (χ1v) is 5.96. The second-order valence-electron chi connectivity index (χ2n) is 4.40. The van der Waals surface area contributed by atoms with Crippen molar-refractivity contribution in [1.29, 1.82) is 0 Å². The third-order valence-electron chi connectivity index (χ3n) is 3.03. The van der Waals surface area contributed by atoms with Crippen LogP contribution in [0.3, 0.4) is 0 Å². The molecule has 0 aliphatic heterocycles. The molecular weight excluding hydrogens is 248 g/mol. The molecule has 0 aliphatic rings. The van der Waals surface area contributed by atoms with Crippen LogP contribution in [0.2, 0.25) is 0 Å². The van der Waals surface area contributed by atoms with Crippen molar-refractivity contribution in [2.45, 2.75) is 13.0 Å². The molecule has 100 valence electrons. The molecule has 0 aromatic heterocycles. The third-order valence-corrected chi connectivity index (χ3v) is 3.03. The average Bonchev–Trinajstić information content (AvgIpc) is 2.38. The van der Waals surface area contributed by atoms with E-state index in [9.17, 15) is 13.9 Å². The number of rotatable bonds is 3. The fourth-order valence-electron chi connectivity index (χ4n) is 1.91. The van der Waals surface area contributed by atoms with Gasteiger partial charge in [-0.2, -0.15) is 0 Å². The molecule has 0 aliphatic carbocycles. The maximum absolute atomic E-state index is 14.0. The van der Waals surface area contributed by atoms with Crippen LogP contribution >= 0.6 is 0 Å². The van der Waals surface area contributed by atoms with Gasteiger partial charge in [0, 0.05) is 7.05 Å². The van der Waals surface area contributed by atoms with Crippen LogP contribution in [0.1, 0.15) is 18.6 Å². The normalized spacial score (nSPS) is 12.3. The van der Waals surface area contributed by atoms with Crippen LogP contribution in [0.25, 0.3) is 0 Å². The van der Waals surface area contributed by atoms with Crippen molar-refractivity contribution in [2.75, 3.05) is 11.9 Å². The Balaban J connectivity index is 2.40. The summed E-state index contributed by atoms with van der Waals surface area (Å²) in [5, 5.41) is 9.40. The van der Waals surface area contributed by atoms with Crippen molar-refractivity contribution in [2.24, 2.45) is 0 Å². The van der Waals surface area contributed by atoms with Gasteiger partial charge in [-0.25, -0.2) is 8.78 Å². The molecule has 0 saturated carbocycles. The van der Waals surface area contributed by atoms with E-state index in [-0.39, 0.29) is 5.69 Å². The van der Waals surface area contributed by atoms with E-state index in [0.29, 0.717) is 11.3 Å². The molecule has 1 atom stereocenters. The summed E-state index contributed by atoms with van der Waals surface area (Å²) < 4.78 is 27.7. The lowest BCUT2D eigenvalue weighted by Crippen LogP contribution is -2.13. The summed E-state index contributed by atoms with van der Waals surface area (Å²) in [4.78, 5) is 1.44. The van der Waals surface area contributed by atoms with Crippen LogP contribution in [0, 0.1) is 11.6 Å². The predicted molar refractivity (Wildman–Crippen MR) is 71.5 cm³/mol. The van der Waals surface area contributed by atoms with E-state index in [1.165, 1.54) is 23.1 Å². The van der Waals surface area contributed by atoms with Crippen molar-refractivity contribution in [3.05, 3.63) is 59.7 Å². The molecule has 2 aromatic rings. The predicted octanol–water partition coefficient (Wildman–Crippen LogP) is 3.79. The maximum Gasteiger partial charge on any atom is 0.147 e. The SMILES string of the molecule is C[C@@H](O)c1ccc(N(C)c2ccccc2F)c(F)c1.